The molecule has 0 aliphatic carbocycles. The number of esters is 3. The largest absolute Gasteiger partial charge is 0.462 e. The monoisotopic (exact) mass is 1060 g/mol. The number of rotatable bonds is 61. The number of unbranched alkanes of at least 4 members (excludes halogenated alkanes) is 40. The number of hydrogen-bond donors (Lipinski definition) is 0. The lowest BCUT2D eigenvalue weighted by atomic mass is 10.0. The van der Waals surface area contributed by atoms with Crippen LogP contribution < -0.4 is 0 Å². The Hall–Kier alpha value is -2.89. The summed E-state index contributed by atoms with van der Waals surface area (Å²) in [6, 6.07) is 0. The average molecular weight is 1060 g/mol. The van der Waals surface area contributed by atoms with Crippen LogP contribution in [-0.4, -0.2) is 37.2 Å². The molecule has 0 radical (unpaired) electrons. The van der Waals surface area contributed by atoms with E-state index < -0.39 is 6.10 Å². The van der Waals surface area contributed by atoms with Crippen molar-refractivity contribution in [3.8, 4) is 0 Å². The summed E-state index contributed by atoms with van der Waals surface area (Å²) in [6.45, 7) is 6.64. The highest BCUT2D eigenvalue weighted by molar-refractivity contribution is 5.71. The Morgan fingerprint density at radius 2 is 0.474 bits per heavy atom. The van der Waals surface area contributed by atoms with Gasteiger partial charge in [0.05, 0.1) is 0 Å². The Labute approximate surface area is 472 Å². The quantitative estimate of drug-likeness (QED) is 0.0261. The van der Waals surface area contributed by atoms with E-state index in [2.05, 4.69) is 81.5 Å². The highest BCUT2D eigenvalue weighted by atomic mass is 16.6. The maximum Gasteiger partial charge on any atom is 0.306 e. The van der Waals surface area contributed by atoms with Crippen LogP contribution in [0.1, 0.15) is 348 Å². The molecule has 6 heteroatoms. The molecule has 442 valence electrons. The van der Waals surface area contributed by atoms with Crippen molar-refractivity contribution < 1.29 is 28.6 Å². The predicted molar refractivity (Wildman–Crippen MR) is 330 cm³/mol. The zero-order chi connectivity index (χ0) is 55.0. The highest BCUT2D eigenvalue weighted by Gasteiger charge is 2.19. The number of carbonyl (C=O) groups excluding carboxylic acids is 3. The maximum absolute atomic E-state index is 12.9. The van der Waals surface area contributed by atoms with Gasteiger partial charge in [-0.05, 0) is 109 Å². The second-order valence-corrected chi connectivity index (χ2v) is 22.4. The minimum Gasteiger partial charge on any atom is -0.462 e. The molecule has 1 unspecified atom stereocenters. The van der Waals surface area contributed by atoms with Crippen LogP contribution in [-0.2, 0) is 28.6 Å². The van der Waals surface area contributed by atoms with Crippen molar-refractivity contribution in [1.82, 2.24) is 0 Å². The molecule has 0 bridgehead atoms. The van der Waals surface area contributed by atoms with Crippen molar-refractivity contribution in [3.05, 3.63) is 60.8 Å². The van der Waals surface area contributed by atoms with Crippen molar-refractivity contribution in [1.29, 1.82) is 0 Å². The Morgan fingerprint density at radius 1 is 0.263 bits per heavy atom. The van der Waals surface area contributed by atoms with Gasteiger partial charge in [-0.1, -0.05) is 281 Å². The fourth-order valence-corrected chi connectivity index (χ4v) is 9.68. The first kappa shape index (κ1) is 73.1. The van der Waals surface area contributed by atoms with Gasteiger partial charge in [0.2, 0.25) is 0 Å². The molecule has 0 N–H and O–H groups in total. The topological polar surface area (TPSA) is 78.9 Å². The van der Waals surface area contributed by atoms with Crippen molar-refractivity contribution in [3.63, 3.8) is 0 Å². The summed E-state index contributed by atoms with van der Waals surface area (Å²) < 4.78 is 16.9. The van der Waals surface area contributed by atoms with Gasteiger partial charge in [0.1, 0.15) is 13.2 Å². The summed E-state index contributed by atoms with van der Waals surface area (Å²) >= 11 is 0. The molecule has 0 aliphatic heterocycles. The molecule has 76 heavy (non-hydrogen) atoms. The zero-order valence-corrected chi connectivity index (χ0v) is 50.8. The van der Waals surface area contributed by atoms with E-state index in [1.807, 2.05) is 0 Å². The van der Waals surface area contributed by atoms with Gasteiger partial charge >= 0.3 is 17.9 Å². The van der Waals surface area contributed by atoms with Gasteiger partial charge in [0.25, 0.3) is 0 Å². The summed E-state index contributed by atoms with van der Waals surface area (Å²) in [5.41, 5.74) is 0. The van der Waals surface area contributed by atoms with E-state index >= 15 is 0 Å². The molecule has 0 fully saturated rings. The fourth-order valence-electron chi connectivity index (χ4n) is 9.68. The van der Waals surface area contributed by atoms with E-state index in [1.54, 1.807) is 0 Å². The van der Waals surface area contributed by atoms with E-state index in [0.29, 0.717) is 19.3 Å². The average Bonchev–Trinajstić information content (AvgIpc) is 3.42. The second kappa shape index (κ2) is 64.6. The third-order valence-corrected chi connectivity index (χ3v) is 14.7. The standard InChI is InChI=1S/C70H126O6/c1-4-7-10-13-16-19-22-25-28-31-33-34-35-36-38-39-42-45-48-51-54-57-60-63-69(72)75-66-67(65-74-68(71)62-59-56-53-50-47-44-41-30-27-24-21-18-15-12-9-6-3)76-70(73)64-61-58-55-52-49-46-43-40-37-32-29-26-23-20-17-14-11-8-5-2/h17,20,26,29-31,33,37,40-41,67H,4-16,18-19,21-25,27-28,32,34-36,38-39,42-66H2,1-3H3/b20-17-,29-26-,33-31-,40-37-,41-30-. The molecule has 0 heterocycles. The summed E-state index contributed by atoms with van der Waals surface area (Å²) in [7, 11) is 0. The van der Waals surface area contributed by atoms with Crippen LogP contribution in [0.15, 0.2) is 60.8 Å². The molecule has 1 atom stereocenters. The molecule has 0 amide bonds. The van der Waals surface area contributed by atoms with Gasteiger partial charge in [-0.3, -0.25) is 14.4 Å². The van der Waals surface area contributed by atoms with Crippen molar-refractivity contribution in [2.75, 3.05) is 13.2 Å². The van der Waals surface area contributed by atoms with Gasteiger partial charge in [0.15, 0.2) is 6.10 Å². The van der Waals surface area contributed by atoms with E-state index in [-0.39, 0.29) is 31.1 Å². The van der Waals surface area contributed by atoms with Gasteiger partial charge in [-0.2, -0.15) is 0 Å². The van der Waals surface area contributed by atoms with Crippen molar-refractivity contribution >= 4 is 17.9 Å². The summed E-state index contributed by atoms with van der Waals surface area (Å²) in [6.07, 6.45) is 82.3. The van der Waals surface area contributed by atoms with Crippen molar-refractivity contribution in [2.24, 2.45) is 0 Å². The normalized spacial score (nSPS) is 12.4. The van der Waals surface area contributed by atoms with E-state index in [1.165, 1.54) is 218 Å². The molecular formula is C70H126O6. The summed E-state index contributed by atoms with van der Waals surface area (Å²) in [4.78, 5) is 38.4. The van der Waals surface area contributed by atoms with Gasteiger partial charge in [-0.15, -0.1) is 0 Å². The van der Waals surface area contributed by atoms with E-state index in [0.717, 1.165) is 89.9 Å². The first-order chi connectivity index (χ1) is 37.5. The third kappa shape index (κ3) is 62.0. The van der Waals surface area contributed by atoms with Gasteiger partial charge < -0.3 is 14.2 Å². The molecule has 0 spiro atoms. The summed E-state index contributed by atoms with van der Waals surface area (Å²) in [5.74, 6) is -0.884. The number of ether oxygens (including phenoxy) is 3. The molecule has 0 aromatic rings. The van der Waals surface area contributed by atoms with Crippen LogP contribution in [0, 0.1) is 0 Å². The minimum absolute atomic E-state index is 0.0807. The van der Waals surface area contributed by atoms with Crippen LogP contribution in [0.2, 0.25) is 0 Å². The molecule has 0 saturated heterocycles. The Kier molecular flexibility index (Phi) is 62.2. The van der Waals surface area contributed by atoms with Crippen LogP contribution in [0.3, 0.4) is 0 Å². The van der Waals surface area contributed by atoms with E-state index in [4.69, 9.17) is 14.2 Å². The summed E-state index contributed by atoms with van der Waals surface area (Å²) in [5, 5.41) is 0. The zero-order valence-electron chi connectivity index (χ0n) is 50.8. The smallest absolute Gasteiger partial charge is 0.306 e. The minimum atomic E-state index is -0.786. The Morgan fingerprint density at radius 3 is 0.776 bits per heavy atom. The second-order valence-electron chi connectivity index (χ2n) is 22.4. The number of hydrogen-bond acceptors (Lipinski definition) is 6. The lowest BCUT2D eigenvalue weighted by Gasteiger charge is -2.18. The Balaban J connectivity index is 4.36. The predicted octanol–water partition coefficient (Wildman–Crippen LogP) is 22.7. The number of carbonyl (C=O) groups is 3. The van der Waals surface area contributed by atoms with Crippen LogP contribution in [0.4, 0.5) is 0 Å². The molecule has 0 aromatic carbocycles. The maximum atomic E-state index is 12.9. The SMILES string of the molecule is CCCCC/C=C\C/C=C\C/C=C\CCCCCCCCC(=O)OC(COC(=O)CCCCCCC/C=C\CCCCCCCCC)COC(=O)CCCCCCCCCCCCC/C=C\CCCCCCCCCC. The van der Waals surface area contributed by atoms with Gasteiger partial charge in [0, 0.05) is 19.3 Å². The van der Waals surface area contributed by atoms with E-state index in [9.17, 15) is 14.4 Å². The Bertz CT molecular complexity index is 1360. The van der Waals surface area contributed by atoms with Crippen LogP contribution in [0.5, 0.6) is 0 Å². The first-order valence-electron chi connectivity index (χ1n) is 33.3. The molecular weight excluding hydrogens is 937 g/mol. The van der Waals surface area contributed by atoms with Crippen LogP contribution >= 0.6 is 0 Å². The van der Waals surface area contributed by atoms with Crippen LogP contribution in [0.25, 0.3) is 0 Å². The fraction of sp³-hybridized carbons (Fsp3) is 0.814. The lowest BCUT2D eigenvalue weighted by Crippen LogP contribution is -2.30. The molecule has 6 nitrogen and oxygen atoms in total. The third-order valence-electron chi connectivity index (χ3n) is 14.7. The first-order valence-corrected chi connectivity index (χ1v) is 33.3. The lowest BCUT2D eigenvalue weighted by molar-refractivity contribution is -0.167. The van der Waals surface area contributed by atoms with Crippen molar-refractivity contribution in [2.45, 2.75) is 354 Å². The number of allylic oxidation sites excluding steroid dienone is 10. The molecule has 0 aromatic heterocycles. The molecule has 0 rings (SSSR count). The highest BCUT2D eigenvalue weighted by Crippen LogP contribution is 2.17. The van der Waals surface area contributed by atoms with Gasteiger partial charge in [-0.25, -0.2) is 0 Å². The molecule has 0 saturated carbocycles. The molecule has 0 aliphatic rings.